The number of hydrogen-bond acceptors (Lipinski definition) is 5. The molecule has 1 fully saturated rings. The number of aryl methyl sites for hydroxylation is 1. The Morgan fingerprint density at radius 2 is 1.68 bits per heavy atom. The average Bonchev–Trinajstić information content (AvgIpc) is 2.79. The first-order chi connectivity index (χ1) is 16.1. The fourth-order valence-corrected chi connectivity index (χ4v) is 5.00. The number of carbonyl (C=O) groups is 1. The number of amides is 2. The smallest absolute Gasteiger partial charge is 0.362 e. The molecule has 1 aromatic heterocycles. The second-order valence-electron chi connectivity index (χ2n) is 9.30. The fraction of sp³-hybridized carbons (Fsp3) is 0.542. The number of nitrogens with two attached hydrogens (primary N) is 1. The topological polar surface area (TPSA) is 87.4 Å². The van der Waals surface area contributed by atoms with Crippen LogP contribution in [0.25, 0.3) is 0 Å². The summed E-state index contributed by atoms with van der Waals surface area (Å²) in [5.74, 6) is 1.59. The quantitative estimate of drug-likeness (QED) is 0.650. The van der Waals surface area contributed by atoms with Crippen LogP contribution in [0.5, 0.6) is 0 Å². The highest BCUT2D eigenvalue weighted by Gasteiger charge is 2.32. The molecule has 0 bridgehead atoms. The number of hydrogen-bond donors (Lipinski definition) is 2. The summed E-state index contributed by atoms with van der Waals surface area (Å²) in [6, 6.07) is 3.89. The molecule has 0 unspecified atom stereocenters. The highest BCUT2D eigenvalue weighted by atomic mass is 19.4. The van der Waals surface area contributed by atoms with Crippen molar-refractivity contribution in [3.63, 3.8) is 0 Å². The van der Waals surface area contributed by atoms with Gasteiger partial charge in [-0.1, -0.05) is 0 Å². The summed E-state index contributed by atoms with van der Waals surface area (Å²) in [6.07, 6.45) is 2.71. The number of fused-ring (bicyclic) bond motifs is 1. The van der Waals surface area contributed by atoms with Crippen LogP contribution in [-0.4, -0.2) is 42.2 Å². The van der Waals surface area contributed by atoms with Crippen LogP contribution in [0.2, 0.25) is 0 Å². The lowest BCUT2D eigenvalue weighted by Crippen LogP contribution is -2.46. The van der Waals surface area contributed by atoms with Gasteiger partial charge < -0.3 is 16.0 Å². The van der Waals surface area contributed by atoms with Gasteiger partial charge in [-0.15, -0.1) is 0 Å². The van der Waals surface area contributed by atoms with E-state index in [0.717, 1.165) is 62.2 Å². The molecule has 0 aliphatic heterocycles. The van der Waals surface area contributed by atoms with E-state index in [-0.39, 0.29) is 12.1 Å². The second-order valence-corrected chi connectivity index (χ2v) is 9.30. The van der Waals surface area contributed by atoms with E-state index in [1.165, 1.54) is 22.6 Å². The molecule has 2 aliphatic rings. The first-order valence-corrected chi connectivity index (χ1v) is 11.7. The van der Waals surface area contributed by atoms with Crippen molar-refractivity contribution < 1.29 is 18.0 Å². The van der Waals surface area contributed by atoms with Gasteiger partial charge in [-0.25, -0.2) is 9.78 Å². The number of anilines is 3. The predicted molar refractivity (Wildman–Crippen MR) is 126 cm³/mol. The Hall–Kier alpha value is -3.04. The lowest BCUT2D eigenvalue weighted by Gasteiger charge is -2.36. The number of alkyl halides is 3. The van der Waals surface area contributed by atoms with Crippen LogP contribution < -0.4 is 20.9 Å². The van der Waals surface area contributed by atoms with E-state index >= 15 is 0 Å². The van der Waals surface area contributed by atoms with Crippen molar-refractivity contribution in [3.8, 4) is 0 Å². The Morgan fingerprint density at radius 3 is 2.26 bits per heavy atom. The summed E-state index contributed by atoms with van der Waals surface area (Å²) >= 11 is 0. The van der Waals surface area contributed by atoms with E-state index in [4.69, 9.17) is 15.7 Å². The Balaban J connectivity index is 1.43. The highest BCUT2D eigenvalue weighted by molar-refractivity contribution is 5.91. The standard InChI is InChI=1S/C24H31F3N6O/c1-32(2)21-19-5-3-4-6-20(19)30-23(31-21)29-16-9-13-18(14-10-16)33(22(28)34)17-11-7-15(8-12-17)24(25,26)27/h7-8,11-12,16,18H,3-6,9-10,13-14H2,1-2H3,(H2,28,34)(H,29,30,31)/t16-,18+. The number of halogens is 3. The molecular weight excluding hydrogens is 445 g/mol. The summed E-state index contributed by atoms with van der Waals surface area (Å²) in [6.45, 7) is 0. The monoisotopic (exact) mass is 476 g/mol. The molecule has 3 N–H and O–H groups in total. The largest absolute Gasteiger partial charge is 0.416 e. The third kappa shape index (κ3) is 5.20. The van der Waals surface area contributed by atoms with Gasteiger partial charge in [0.05, 0.1) is 11.3 Å². The van der Waals surface area contributed by atoms with Crippen molar-refractivity contribution in [2.45, 2.75) is 69.6 Å². The Morgan fingerprint density at radius 1 is 1.03 bits per heavy atom. The van der Waals surface area contributed by atoms with Gasteiger partial charge in [0.15, 0.2) is 0 Å². The molecule has 34 heavy (non-hydrogen) atoms. The van der Waals surface area contributed by atoms with Gasteiger partial charge in [0.25, 0.3) is 0 Å². The number of carbonyl (C=O) groups excluding carboxylic acids is 1. The number of primary amides is 1. The molecule has 7 nitrogen and oxygen atoms in total. The number of nitrogens with one attached hydrogen (secondary N) is 1. The molecule has 10 heteroatoms. The Kier molecular flexibility index (Phi) is 6.86. The SMILES string of the molecule is CN(C)c1nc(N[C@H]2CC[C@@H](N(C(N)=O)c3ccc(C(F)(F)F)cc3)CC2)nc2c1CCCC2. The van der Waals surface area contributed by atoms with Crippen LogP contribution in [0.1, 0.15) is 55.3 Å². The lowest BCUT2D eigenvalue weighted by molar-refractivity contribution is -0.137. The molecule has 1 heterocycles. The van der Waals surface area contributed by atoms with E-state index in [0.29, 0.717) is 24.5 Å². The average molecular weight is 477 g/mol. The maximum Gasteiger partial charge on any atom is 0.416 e. The zero-order valence-corrected chi connectivity index (χ0v) is 19.5. The minimum atomic E-state index is -4.43. The van der Waals surface area contributed by atoms with Crippen molar-refractivity contribution in [2.75, 3.05) is 29.2 Å². The summed E-state index contributed by atoms with van der Waals surface area (Å²) in [4.78, 5) is 25.2. The van der Waals surface area contributed by atoms with Crippen LogP contribution in [0.3, 0.4) is 0 Å². The second kappa shape index (κ2) is 9.68. The minimum absolute atomic E-state index is 0.148. The molecule has 184 valence electrons. The first kappa shape index (κ1) is 24.1. The number of aromatic nitrogens is 2. The number of rotatable bonds is 5. The zero-order valence-electron chi connectivity index (χ0n) is 19.5. The van der Waals surface area contributed by atoms with Crippen molar-refractivity contribution in [1.29, 1.82) is 0 Å². The molecule has 0 radical (unpaired) electrons. The fourth-order valence-electron chi connectivity index (χ4n) is 5.00. The summed E-state index contributed by atoms with van der Waals surface area (Å²) < 4.78 is 38.7. The maximum atomic E-state index is 12.9. The minimum Gasteiger partial charge on any atom is -0.362 e. The molecule has 0 atom stereocenters. The molecule has 1 saturated carbocycles. The van der Waals surface area contributed by atoms with E-state index in [9.17, 15) is 18.0 Å². The van der Waals surface area contributed by atoms with E-state index in [1.807, 2.05) is 19.0 Å². The predicted octanol–water partition coefficient (Wildman–Crippen LogP) is 4.75. The van der Waals surface area contributed by atoms with Crippen molar-refractivity contribution in [2.24, 2.45) is 5.73 Å². The molecule has 2 amide bonds. The normalized spacial score (nSPS) is 20.4. The molecule has 1 aromatic carbocycles. The van der Waals surface area contributed by atoms with E-state index in [1.54, 1.807) is 0 Å². The molecular formula is C24H31F3N6O. The van der Waals surface area contributed by atoms with Crippen molar-refractivity contribution >= 4 is 23.5 Å². The molecule has 2 aliphatic carbocycles. The van der Waals surface area contributed by atoms with Gasteiger partial charge in [0.2, 0.25) is 5.95 Å². The van der Waals surface area contributed by atoms with Gasteiger partial charge in [-0.2, -0.15) is 18.2 Å². The third-order valence-electron chi connectivity index (χ3n) is 6.69. The zero-order chi connectivity index (χ0) is 24.5. The highest BCUT2D eigenvalue weighted by Crippen LogP contribution is 2.34. The van der Waals surface area contributed by atoms with E-state index < -0.39 is 17.8 Å². The van der Waals surface area contributed by atoms with Crippen LogP contribution in [0.15, 0.2) is 24.3 Å². The summed E-state index contributed by atoms with van der Waals surface area (Å²) in [5.41, 5.74) is 7.59. The molecule has 0 spiro atoms. The van der Waals surface area contributed by atoms with Gasteiger partial charge in [0, 0.05) is 37.4 Å². The van der Waals surface area contributed by atoms with Crippen LogP contribution in [0, 0.1) is 0 Å². The van der Waals surface area contributed by atoms with Gasteiger partial charge in [-0.3, -0.25) is 4.90 Å². The number of nitrogens with zero attached hydrogens (tertiary/aromatic N) is 4. The molecule has 0 saturated heterocycles. The first-order valence-electron chi connectivity index (χ1n) is 11.7. The maximum absolute atomic E-state index is 12.9. The van der Waals surface area contributed by atoms with Crippen molar-refractivity contribution in [3.05, 3.63) is 41.1 Å². The molecule has 4 rings (SSSR count). The van der Waals surface area contributed by atoms with E-state index in [2.05, 4.69) is 5.32 Å². The number of benzene rings is 1. The van der Waals surface area contributed by atoms with Gasteiger partial charge in [0.1, 0.15) is 5.82 Å². The van der Waals surface area contributed by atoms with Crippen molar-refractivity contribution in [1.82, 2.24) is 9.97 Å². The lowest BCUT2D eigenvalue weighted by atomic mass is 9.90. The van der Waals surface area contributed by atoms with Crippen LogP contribution >= 0.6 is 0 Å². The van der Waals surface area contributed by atoms with Crippen LogP contribution in [-0.2, 0) is 19.0 Å². The summed E-state index contributed by atoms with van der Waals surface area (Å²) in [5, 5.41) is 3.47. The third-order valence-corrected chi connectivity index (χ3v) is 6.69. The van der Waals surface area contributed by atoms with Crippen LogP contribution in [0.4, 0.5) is 35.4 Å². The molecule has 2 aromatic rings. The Bertz CT molecular complexity index is 1020. The number of urea groups is 1. The van der Waals surface area contributed by atoms with Gasteiger partial charge >= 0.3 is 12.2 Å². The Labute approximate surface area is 197 Å². The summed E-state index contributed by atoms with van der Waals surface area (Å²) in [7, 11) is 3.98. The van der Waals surface area contributed by atoms with Gasteiger partial charge in [-0.05, 0) is 75.6 Å².